The molecule has 0 aromatic heterocycles. The van der Waals surface area contributed by atoms with E-state index in [4.69, 9.17) is 23.2 Å². The van der Waals surface area contributed by atoms with Crippen LogP contribution in [-0.2, 0) is 26.2 Å². The molecule has 2 aromatic carbocycles. The van der Waals surface area contributed by atoms with Gasteiger partial charge in [-0.1, -0.05) is 58.0 Å². The lowest BCUT2D eigenvalue weighted by Gasteiger charge is -2.32. The van der Waals surface area contributed by atoms with Crippen molar-refractivity contribution in [3.05, 3.63) is 62.5 Å². The van der Waals surface area contributed by atoms with E-state index in [1.807, 2.05) is 0 Å². The largest absolute Gasteiger partial charge is 0.352 e. The highest BCUT2D eigenvalue weighted by molar-refractivity contribution is 9.10. The van der Waals surface area contributed by atoms with Crippen LogP contribution in [0.15, 0.2) is 46.9 Å². The van der Waals surface area contributed by atoms with Crippen LogP contribution in [0, 0.1) is 0 Å². The second kappa shape index (κ2) is 12.0. The molecule has 0 heterocycles. The van der Waals surface area contributed by atoms with E-state index in [1.54, 1.807) is 49.4 Å². The second-order valence-corrected chi connectivity index (χ2v) is 12.3. The Balaban J connectivity index is 1.91. The van der Waals surface area contributed by atoms with Crippen LogP contribution in [0.3, 0.4) is 0 Å². The highest BCUT2D eigenvalue weighted by atomic mass is 79.9. The number of nitrogens with zero attached hydrogens (tertiary/aromatic N) is 2. The Bertz CT molecular complexity index is 1150. The molecule has 1 aliphatic carbocycles. The third-order valence-corrected chi connectivity index (χ3v) is 8.43. The first-order valence-electron chi connectivity index (χ1n) is 11.2. The van der Waals surface area contributed by atoms with Gasteiger partial charge in [0.15, 0.2) is 0 Å². The maximum Gasteiger partial charge on any atom is 0.244 e. The molecule has 2 amide bonds. The summed E-state index contributed by atoms with van der Waals surface area (Å²) in [5.74, 6) is -0.855. The van der Waals surface area contributed by atoms with Crippen LogP contribution in [0.25, 0.3) is 0 Å². The average Bonchev–Trinajstić information content (AvgIpc) is 3.30. The van der Waals surface area contributed by atoms with Crippen LogP contribution < -0.4 is 9.62 Å². The molecule has 2 aromatic rings. The molecule has 1 atom stereocenters. The Morgan fingerprint density at radius 2 is 1.66 bits per heavy atom. The number of rotatable bonds is 9. The van der Waals surface area contributed by atoms with Gasteiger partial charge in [-0.15, -0.1) is 0 Å². The first-order chi connectivity index (χ1) is 16.5. The Kier molecular flexibility index (Phi) is 9.48. The first kappa shape index (κ1) is 27.8. The molecule has 0 radical (unpaired) electrons. The number of halogens is 3. The Hall–Kier alpha value is -1.81. The highest BCUT2D eigenvalue weighted by Gasteiger charge is 2.32. The van der Waals surface area contributed by atoms with E-state index in [1.165, 1.54) is 4.90 Å². The fourth-order valence-electron chi connectivity index (χ4n) is 4.05. The summed E-state index contributed by atoms with van der Waals surface area (Å²) in [5.41, 5.74) is 0.821. The van der Waals surface area contributed by atoms with Gasteiger partial charge in [-0.2, -0.15) is 0 Å². The molecule has 1 fully saturated rings. The number of amides is 2. The number of carbonyl (C=O) groups excluding carboxylic acids is 2. The standard InChI is InChI=1S/C24H28BrCl2N3O4S/c1-16(24(32)28-18-6-3-4-7-18)29(14-20-21(26)8-5-9-22(20)27)23(31)15-30(35(2,33)34)19-12-10-17(25)11-13-19/h5,8-13,16,18H,3-4,6-7,14-15H2,1-2H3,(H,28,32). The van der Waals surface area contributed by atoms with Gasteiger partial charge in [0.1, 0.15) is 12.6 Å². The fourth-order valence-corrected chi connectivity index (χ4v) is 5.68. The summed E-state index contributed by atoms with van der Waals surface area (Å²) < 4.78 is 27.0. The number of nitrogens with one attached hydrogen (secondary N) is 1. The van der Waals surface area contributed by atoms with Crippen LogP contribution in [-0.4, -0.2) is 50.0 Å². The van der Waals surface area contributed by atoms with Crippen molar-refractivity contribution in [3.63, 3.8) is 0 Å². The summed E-state index contributed by atoms with van der Waals surface area (Å²) in [7, 11) is -3.80. The number of hydrogen-bond donors (Lipinski definition) is 1. The zero-order chi connectivity index (χ0) is 25.8. The second-order valence-electron chi connectivity index (χ2n) is 8.63. The zero-order valence-corrected chi connectivity index (χ0v) is 23.4. The van der Waals surface area contributed by atoms with Crippen LogP contribution in [0.5, 0.6) is 0 Å². The number of carbonyl (C=O) groups is 2. The number of anilines is 1. The zero-order valence-electron chi connectivity index (χ0n) is 19.5. The van der Waals surface area contributed by atoms with Gasteiger partial charge in [-0.05, 0) is 56.2 Å². The summed E-state index contributed by atoms with van der Waals surface area (Å²) in [5, 5.41) is 3.72. The summed E-state index contributed by atoms with van der Waals surface area (Å²) >= 11 is 16.0. The van der Waals surface area contributed by atoms with Crippen molar-refractivity contribution in [3.8, 4) is 0 Å². The van der Waals surface area contributed by atoms with Crippen molar-refractivity contribution in [2.75, 3.05) is 17.1 Å². The van der Waals surface area contributed by atoms with Crippen LogP contribution >= 0.6 is 39.1 Å². The van der Waals surface area contributed by atoms with Crippen molar-refractivity contribution in [2.24, 2.45) is 0 Å². The molecule has 1 N–H and O–H groups in total. The van der Waals surface area contributed by atoms with Gasteiger partial charge >= 0.3 is 0 Å². The summed E-state index contributed by atoms with van der Waals surface area (Å²) in [6, 6.07) is 10.8. The van der Waals surface area contributed by atoms with Crippen molar-refractivity contribution >= 4 is 66.7 Å². The van der Waals surface area contributed by atoms with Crippen LogP contribution in [0.2, 0.25) is 10.0 Å². The quantitative estimate of drug-likeness (QED) is 0.436. The van der Waals surface area contributed by atoms with E-state index in [-0.39, 0.29) is 18.5 Å². The van der Waals surface area contributed by atoms with Gasteiger partial charge in [-0.25, -0.2) is 8.42 Å². The van der Waals surface area contributed by atoms with Gasteiger partial charge < -0.3 is 10.2 Å². The van der Waals surface area contributed by atoms with Gasteiger partial charge in [-0.3, -0.25) is 13.9 Å². The van der Waals surface area contributed by atoms with Crippen LogP contribution in [0.4, 0.5) is 5.69 Å². The summed E-state index contributed by atoms with van der Waals surface area (Å²) in [6.07, 6.45) is 4.93. The number of sulfonamides is 1. The highest BCUT2D eigenvalue weighted by Crippen LogP contribution is 2.28. The predicted octanol–water partition coefficient (Wildman–Crippen LogP) is 5.00. The van der Waals surface area contributed by atoms with Crippen LogP contribution in [0.1, 0.15) is 38.2 Å². The van der Waals surface area contributed by atoms with Crippen molar-refractivity contribution in [1.29, 1.82) is 0 Å². The van der Waals surface area contributed by atoms with Gasteiger partial charge in [0, 0.05) is 32.7 Å². The molecule has 7 nitrogen and oxygen atoms in total. The molecule has 11 heteroatoms. The molecular weight excluding hydrogens is 577 g/mol. The normalized spacial score (nSPS) is 15.0. The number of benzene rings is 2. The minimum absolute atomic E-state index is 0.0471. The topological polar surface area (TPSA) is 86.8 Å². The van der Waals surface area contributed by atoms with E-state index in [2.05, 4.69) is 21.2 Å². The van der Waals surface area contributed by atoms with Gasteiger partial charge in [0.2, 0.25) is 21.8 Å². The lowest BCUT2D eigenvalue weighted by atomic mass is 10.1. The molecule has 0 saturated heterocycles. The minimum Gasteiger partial charge on any atom is -0.352 e. The fraction of sp³-hybridized carbons (Fsp3) is 0.417. The Morgan fingerprint density at radius 1 is 1.09 bits per heavy atom. The van der Waals surface area contributed by atoms with E-state index >= 15 is 0 Å². The average molecular weight is 605 g/mol. The molecule has 35 heavy (non-hydrogen) atoms. The summed E-state index contributed by atoms with van der Waals surface area (Å²) in [6.45, 7) is 1.09. The molecule has 0 spiro atoms. The number of hydrogen-bond acceptors (Lipinski definition) is 4. The molecule has 1 unspecified atom stereocenters. The van der Waals surface area contributed by atoms with E-state index in [0.717, 1.165) is 40.7 Å². The SMILES string of the molecule is CC(C(=O)NC1CCCC1)N(Cc1c(Cl)cccc1Cl)C(=O)CN(c1ccc(Br)cc1)S(C)(=O)=O. The Labute approximate surface area is 224 Å². The molecular formula is C24H28BrCl2N3O4S. The van der Waals surface area contributed by atoms with E-state index in [9.17, 15) is 18.0 Å². The van der Waals surface area contributed by atoms with E-state index in [0.29, 0.717) is 21.3 Å². The predicted molar refractivity (Wildman–Crippen MR) is 143 cm³/mol. The molecule has 190 valence electrons. The first-order valence-corrected chi connectivity index (χ1v) is 14.6. The van der Waals surface area contributed by atoms with Gasteiger partial charge in [0.05, 0.1) is 11.9 Å². The molecule has 0 bridgehead atoms. The minimum atomic E-state index is -3.80. The van der Waals surface area contributed by atoms with Gasteiger partial charge in [0.25, 0.3) is 0 Å². The smallest absolute Gasteiger partial charge is 0.244 e. The third-order valence-electron chi connectivity index (χ3n) is 6.05. The maximum atomic E-state index is 13.6. The van der Waals surface area contributed by atoms with Crippen molar-refractivity contribution in [1.82, 2.24) is 10.2 Å². The summed E-state index contributed by atoms with van der Waals surface area (Å²) in [4.78, 5) is 28.0. The maximum absolute atomic E-state index is 13.6. The lowest BCUT2D eigenvalue weighted by molar-refractivity contribution is -0.139. The molecule has 1 saturated carbocycles. The molecule has 1 aliphatic rings. The third kappa shape index (κ3) is 7.35. The van der Waals surface area contributed by atoms with Crippen molar-refractivity contribution < 1.29 is 18.0 Å². The molecule has 3 rings (SSSR count). The lowest BCUT2D eigenvalue weighted by Crippen LogP contribution is -2.52. The van der Waals surface area contributed by atoms with E-state index < -0.39 is 28.5 Å². The molecule has 0 aliphatic heterocycles. The van der Waals surface area contributed by atoms with Crippen molar-refractivity contribution in [2.45, 2.75) is 51.2 Å². The Morgan fingerprint density at radius 3 is 2.20 bits per heavy atom. The monoisotopic (exact) mass is 603 g/mol.